The molecule has 2 aromatic carbocycles. The van der Waals surface area contributed by atoms with Crippen molar-refractivity contribution in [3.8, 4) is 5.75 Å². The molecule has 1 fully saturated rings. The van der Waals surface area contributed by atoms with Crippen molar-refractivity contribution in [3.63, 3.8) is 0 Å². The van der Waals surface area contributed by atoms with Crippen LogP contribution in [-0.4, -0.2) is 56.7 Å². The molecule has 2 aromatic rings. The summed E-state index contributed by atoms with van der Waals surface area (Å²) >= 11 is 0. The lowest BCUT2D eigenvalue weighted by atomic mass is 10.1. The van der Waals surface area contributed by atoms with Crippen molar-refractivity contribution in [2.24, 2.45) is 0 Å². The van der Waals surface area contributed by atoms with Gasteiger partial charge in [0.05, 0.1) is 25.9 Å². The molecule has 0 aliphatic carbocycles. The first-order valence-corrected chi connectivity index (χ1v) is 9.86. The third-order valence-corrected chi connectivity index (χ3v) is 4.84. The molecule has 1 aliphatic heterocycles. The Morgan fingerprint density at radius 3 is 2.70 bits per heavy atom. The maximum atomic E-state index is 14.0. The minimum atomic E-state index is -0.645. The highest BCUT2D eigenvalue weighted by Gasteiger charge is 2.14. The summed E-state index contributed by atoms with van der Waals surface area (Å²) in [4.78, 5) is 26.7. The van der Waals surface area contributed by atoms with Gasteiger partial charge >= 0.3 is 0 Å². The Hall–Kier alpha value is -2.97. The third kappa shape index (κ3) is 6.27. The second-order valence-electron chi connectivity index (χ2n) is 6.98. The van der Waals surface area contributed by atoms with E-state index >= 15 is 0 Å². The number of carbonyl (C=O) groups excluding carboxylic acids is 2. The van der Waals surface area contributed by atoms with Crippen molar-refractivity contribution in [2.75, 3.05) is 45.3 Å². The first kappa shape index (κ1) is 21.7. The molecule has 1 saturated heterocycles. The van der Waals surface area contributed by atoms with Crippen LogP contribution in [0.5, 0.6) is 5.75 Å². The van der Waals surface area contributed by atoms with E-state index in [1.807, 2.05) is 6.07 Å². The van der Waals surface area contributed by atoms with E-state index in [0.717, 1.165) is 18.7 Å². The molecule has 1 aliphatic rings. The molecule has 0 spiro atoms. The maximum Gasteiger partial charge on any atom is 0.254 e. The summed E-state index contributed by atoms with van der Waals surface area (Å²) in [7, 11) is 1.43. The number of carbonyl (C=O) groups is 2. The van der Waals surface area contributed by atoms with E-state index in [1.165, 1.54) is 25.3 Å². The molecule has 0 atom stereocenters. The van der Waals surface area contributed by atoms with Gasteiger partial charge in [-0.05, 0) is 29.8 Å². The van der Waals surface area contributed by atoms with Crippen LogP contribution in [0.1, 0.15) is 22.3 Å². The van der Waals surface area contributed by atoms with Gasteiger partial charge in [0.15, 0.2) is 0 Å². The molecule has 8 heteroatoms. The predicted molar refractivity (Wildman–Crippen MR) is 111 cm³/mol. The molecule has 0 radical (unpaired) electrons. The van der Waals surface area contributed by atoms with E-state index in [2.05, 4.69) is 15.5 Å². The maximum absolute atomic E-state index is 14.0. The Bertz CT molecular complexity index is 884. The number of halogens is 1. The van der Waals surface area contributed by atoms with Crippen LogP contribution in [0.4, 0.5) is 10.1 Å². The SMILES string of the molecule is COc1ccc(C(=O)NCc2cccc(NC(=O)CCN3CCOCC3)c2)c(F)c1. The van der Waals surface area contributed by atoms with Gasteiger partial charge in [0.2, 0.25) is 5.91 Å². The number of amides is 2. The molecular weight excluding hydrogens is 389 g/mol. The van der Waals surface area contributed by atoms with E-state index in [0.29, 0.717) is 37.6 Å². The Labute approximate surface area is 175 Å². The lowest BCUT2D eigenvalue weighted by molar-refractivity contribution is -0.116. The lowest BCUT2D eigenvalue weighted by Gasteiger charge is -2.26. The highest BCUT2D eigenvalue weighted by atomic mass is 19.1. The van der Waals surface area contributed by atoms with Gasteiger partial charge in [-0.25, -0.2) is 4.39 Å². The minimum Gasteiger partial charge on any atom is -0.497 e. The Balaban J connectivity index is 1.50. The number of nitrogens with zero attached hydrogens (tertiary/aromatic N) is 1. The average molecular weight is 415 g/mol. The highest BCUT2D eigenvalue weighted by molar-refractivity contribution is 5.94. The van der Waals surface area contributed by atoms with Crippen molar-refractivity contribution < 1.29 is 23.5 Å². The molecule has 30 heavy (non-hydrogen) atoms. The summed E-state index contributed by atoms with van der Waals surface area (Å²) in [6.07, 6.45) is 0.401. The first-order chi connectivity index (χ1) is 14.5. The fraction of sp³-hybridized carbons (Fsp3) is 0.364. The molecular formula is C22H26FN3O4. The fourth-order valence-corrected chi connectivity index (χ4v) is 3.15. The van der Waals surface area contributed by atoms with Crippen LogP contribution in [0.3, 0.4) is 0 Å². The number of ether oxygens (including phenoxy) is 2. The van der Waals surface area contributed by atoms with Crippen LogP contribution >= 0.6 is 0 Å². The van der Waals surface area contributed by atoms with E-state index in [-0.39, 0.29) is 18.0 Å². The average Bonchev–Trinajstić information content (AvgIpc) is 2.77. The van der Waals surface area contributed by atoms with Crippen molar-refractivity contribution in [1.29, 1.82) is 0 Å². The first-order valence-electron chi connectivity index (χ1n) is 9.86. The van der Waals surface area contributed by atoms with Gasteiger partial charge in [0, 0.05) is 44.4 Å². The van der Waals surface area contributed by atoms with Gasteiger partial charge in [0.1, 0.15) is 11.6 Å². The standard InChI is InChI=1S/C22H26FN3O4/c1-29-18-5-6-19(20(23)14-18)22(28)24-15-16-3-2-4-17(13-16)25-21(27)7-8-26-9-11-30-12-10-26/h2-6,13-14H,7-12,15H2,1H3,(H,24,28)(H,25,27). The molecule has 0 bridgehead atoms. The predicted octanol–water partition coefficient (Wildman–Crippen LogP) is 2.43. The van der Waals surface area contributed by atoms with Gasteiger partial charge < -0.3 is 20.1 Å². The summed E-state index contributed by atoms with van der Waals surface area (Å²) in [5, 5.41) is 5.57. The number of morpholine rings is 1. The van der Waals surface area contributed by atoms with Crippen molar-refractivity contribution in [2.45, 2.75) is 13.0 Å². The van der Waals surface area contributed by atoms with E-state index < -0.39 is 11.7 Å². The zero-order valence-corrected chi connectivity index (χ0v) is 16.9. The van der Waals surface area contributed by atoms with E-state index in [9.17, 15) is 14.0 Å². The summed E-state index contributed by atoms with van der Waals surface area (Å²) in [5.41, 5.74) is 1.40. The Morgan fingerprint density at radius 2 is 1.97 bits per heavy atom. The topological polar surface area (TPSA) is 79.9 Å². The molecule has 0 saturated carbocycles. The smallest absolute Gasteiger partial charge is 0.254 e. The largest absolute Gasteiger partial charge is 0.497 e. The van der Waals surface area contributed by atoms with Crippen molar-refractivity contribution in [3.05, 3.63) is 59.4 Å². The summed E-state index contributed by atoms with van der Waals surface area (Å²) in [6, 6.07) is 11.3. The van der Waals surface area contributed by atoms with Gasteiger partial charge in [-0.15, -0.1) is 0 Å². The molecule has 2 N–H and O–H groups in total. The summed E-state index contributed by atoms with van der Waals surface area (Å²) in [6.45, 7) is 4.00. The molecule has 7 nitrogen and oxygen atoms in total. The zero-order valence-electron chi connectivity index (χ0n) is 16.9. The summed E-state index contributed by atoms with van der Waals surface area (Å²) in [5.74, 6) is -0.882. The lowest BCUT2D eigenvalue weighted by Crippen LogP contribution is -2.38. The number of benzene rings is 2. The normalized spacial score (nSPS) is 14.2. The highest BCUT2D eigenvalue weighted by Crippen LogP contribution is 2.17. The molecule has 160 valence electrons. The number of rotatable bonds is 8. The van der Waals surface area contributed by atoms with Gasteiger partial charge in [0.25, 0.3) is 5.91 Å². The number of methoxy groups -OCH3 is 1. The quantitative estimate of drug-likeness (QED) is 0.692. The minimum absolute atomic E-state index is 0.0524. The molecule has 1 heterocycles. The van der Waals surface area contributed by atoms with Gasteiger partial charge in [-0.1, -0.05) is 12.1 Å². The van der Waals surface area contributed by atoms with Crippen molar-refractivity contribution >= 4 is 17.5 Å². The molecule has 0 unspecified atom stereocenters. The second-order valence-corrected chi connectivity index (χ2v) is 6.98. The number of hydrogen-bond donors (Lipinski definition) is 2. The van der Waals surface area contributed by atoms with Gasteiger partial charge in [-0.2, -0.15) is 0 Å². The molecule has 3 rings (SSSR count). The van der Waals surface area contributed by atoms with Crippen LogP contribution in [-0.2, 0) is 16.1 Å². The number of anilines is 1. The number of nitrogens with one attached hydrogen (secondary N) is 2. The van der Waals surface area contributed by atoms with Crippen LogP contribution in [0.25, 0.3) is 0 Å². The Kier molecular flexibility index (Phi) is 7.75. The van der Waals surface area contributed by atoms with E-state index in [4.69, 9.17) is 9.47 Å². The second kappa shape index (κ2) is 10.7. The van der Waals surface area contributed by atoms with Crippen LogP contribution in [0.2, 0.25) is 0 Å². The number of hydrogen-bond acceptors (Lipinski definition) is 5. The van der Waals surface area contributed by atoms with Crippen LogP contribution in [0.15, 0.2) is 42.5 Å². The van der Waals surface area contributed by atoms with Gasteiger partial charge in [-0.3, -0.25) is 14.5 Å². The van der Waals surface area contributed by atoms with E-state index in [1.54, 1.807) is 18.2 Å². The molecule has 0 aromatic heterocycles. The van der Waals surface area contributed by atoms with Crippen molar-refractivity contribution in [1.82, 2.24) is 10.2 Å². The zero-order chi connectivity index (χ0) is 21.3. The molecule has 2 amide bonds. The third-order valence-electron chi connectivity index (χ3n) is 4.84. The van der Waals surface area contributed by atoms with Crippen LogP contribution < -0.4 is 15.4 Å². The monoisotopic (exact) mass is 415 g/mol. The summed E-state index contributed by atoms with van der Waals surface area (Å²) < 4.78 is 24.3. The van der Waals surface area contributed by atoms with Crippen LogP contribution in [0, 0.1) is 5.82 Å². The Morgan fingerprint density at radius 1 is 1.17 bits per heavy atom. The fourth-order valence-electron chi connectivity index (χ4n) is 3.15.